The molecule has 16 heavy (non-hydrogen) atoms. The zero-order valence-corrected chi connectivity index (χ0v) is 10.8. The molecule has 2 rings (SSSR count). The molecule has 1 aliphatic carbocycles. The first-order valence-electron chi connectivity index (χ1n) is 5.96. The molecule has 1 heterocycles. The maximum atomic E-state index is 9.22. The first-order valence-corrected chi connectivity index (χ1v) is 6.78. The summed E-state index contributed by atoms with van der Waals surface area (Å²) < 4.78 is 0. The van der Waals surface area contributed by atoms with Crippen LogP contribution in [-0.2, 0) is 6.54 Å². The van der Waals surface area contributed by atoms with Crippen molar-refractivity contribution >= 4 is 11.3 Å². The van der Waals surface area contributed by atoms with E-state index in [4.69, 9.17) is 0 Å². The first-order chi connectivity index (χ1) is 7.65. The highest BCUT2D eigenvalue weighted by molar-refractivity contribution is 7.11. The van der Waals surface area contributed by atoms with Gasteiger partial charge in [0, 0.05) is 30.1 Å². The van der Waals surface area contributed by atoms with Gasteiger partial charge in [0.25, 0.3) is 0 Å². The summed E-state index contributed by atoms with van der Waals surface area (Å²) in [5.41, 5.74) is 0. The molecule has 1 aromatic heterocycles. The molecule has 1 aliphatic rings. The highest BCUT2D eigenvalue weighted by Crippen LogP contribution is 2.41. The van der Waals surface area contributed by atoms with Crippen LogP contribution < -0.4 is 0 Å². The van der Waals surface area contributed by atoms with Gasteiger partial charge in [-0.05, 0) is 33.2 Å². The monoisotopic (exact) mass is 240 g/mol. The Morgan fingerprint density at radius 1 is 1.62 bits per heavy atom. The molecule has 3 nitrogen and oxygen atoms in total. The van der Waals surface area contributed by atoms with Crippen LogP contribution in [0.2, 0.25) is 0 Å². The summed E-state index contributed by atoms with van der Waals surface area (Å²) in [6.07, 6.45) is 5.29. The minimum atomic E-state index is -0.203. The molecule has 1 unspecified atom stereocenters. The van der Waals surface area contributed by atoms with Gasteiger partial charge in [-0.15, -0.1) is 11.3 Å². The molecule has 4 heteroatoms. The van der Waals surface area contributed by atoms with E-state index in [0.29, 0.717) is 0 Å². The molecule has 0 amide bonds. The summed E-state index contributed by atoms with van der Waals surface area (Å²) >= 11 is 1.85. The zero-order chi connectivity index (χ0) is 11.5. The highest BCUT2D eigenvalue weighted by atomic mass is 32.1. The van der Waals surface area contributed by atoms with Crippen LogP contribution in [0, 0.1) is 0 Å². The fourth-order valence-electron chi connectivity index (χ4n) is 1.67. The fourth-order valence-corrected chi connectivity index (χ4v) is 2.83. The molecule has 0 saturated heterocycles. The minimum Gasteiger partial charge on any atom is -0.393 e. The number of hydrogen-bond acceptors (Lipinski definition) is 4. The number of aromatic nitrogens is 1. The van der Waals surface area contributed by atoms with E-state index in [1.54, 1.807) is 0 Å². The van der Waals surface area contributed by atoms with Crippen molar-refractivity contribution in [3.05, 3.63) is 16.1 Å². The third-order valence-electron chi connectivity index (χ3n) is 2.85. The smallest absolute Gasteiger partial charge is 0.0959 e. The van der Waals surface area contributed by atoms with E-state index in [1.807, 2.05) is 24.5 Å². The van der Waals surface area contributed by atoms with Gasteiger partial charge < -0.3 is 10.0 Å². The Kier molecular flexibility index (Phi) is 3.95. The molecule has 0 aromatic carbocycles. The van der Waals surface area contributed by atoms with Crippen LogP contribution in [0.5, 0.6) is 0 Å². The van der Waals surface area contributed by atoms with Crippen LogP contribution in [-0.4, -0.2) is 34.7 Å². The molecule has 0 aliphatic heterocycles. The second-order valence-electron chi connectivity index (χ2n) is 4.81. The second-order valence-corrected chi connectivity index (χ2v) is 5.96. The number of aliphatic hydroxyl groups excluding tert-OH is 1. The third kappa shape index (κ3) is 3.54. The maximum Gasteiger partial charge on any atom is 0.0959 e. The predicted octanol–water partition coefficient (Wildman–Crippen LogP) is 2.22. The average molecular weight is 240 g/mol. The number of aliphatic hydroxyl groups is 1. The first kappa shape index (κ1) is 12.0. The van der Waals surface area contributed by atoms with Gasteiger partial charge >= 0.3 is 0 Å². The lowest BCUT2D eigenvalue weighted by Gasteiger charge is -2.15. The van der Waals surface area contributed by atoms with Crippen molar-refractivity contribution in [1.29, 1.82) is 0 Å². The van der Waals surface area contributed by atoms with Gasteiger partial charge in [0.15, 0.2) is 0 Å². The van der Waals surface area contributed by atoms with E-state index in [-0.39, 0.29) is 6.10 Å². The van der Waals surface area contributed by atoms with Gasteiger partial charge in [0.2, 0.25) is 0 Å². The minimum absolute atomic E-state index is 0.203. The lowest BCUT2D eigenvalue weighted by Crippen LogP contribution is -2.21. The Morgan fingerprint density at radius 3 is 3.00 bits per heavy atom. The predicted molar refractivity (Wildman–Crippen MR) is 66.7 cm³/mol. The molecular weight excluding hydrogens is 220 g/mol. The molecule has 1 saturated carbocycles. The number of nitrogens with zero attached hydrogens (tertiary/aromatic N) is 2. The van der Waals surface area contributed by atoms with Crippen molar-refractivity contribution in [3.63, 3.8) is 0 Å². The number of hydrogen-bond donors (Lipinski definition) is 1. The molecule has 1 aromatic rings. The van der Waals surface area contributed by atoms with Crippen LogP contribution in [0.25, 0.3) is 0 Å². The van der Waals surface area contributed by atoms with E-state index in [1.165, 1.54) is 22.7 Å². The van der Waals surface area contributed by atoms with Crippen LogP contribution in [0.4, 0.5) is 0 Å². The number of rotatable bonds is 6. The Morgan fingerprint density at radius 2 is 2.38 bits per heavy atom. The van der Waals surface area contributed by atoms with Gasteiger partial charge in [0.1, 0.15) is 0 Å². The molecule has 1 fully saturated rings. The standard InChI is InChI=1S/C12H20N2OS/c1-9(15)5-6-14(2)8-11-7-13-12(16-11)10-3-4-10/h7,9-10,15H,3-6,8H2,1-2H3. The van der Waals surface area contributed by atoms with Gasteiger partial charge in [-0.3, -0.25) is 0 Å². The van der Waals surface area contributed by atoms with Crippen molar-refractivity contribution in [2.75, 3.05) is 13.6 Å². The average Bonchev–Trinajstić information content (AvgIpc) is 2.98. The van der Waals surface area contributed by atoms with Crippen LogP contribution in [0.3, 0.4) is 0 Å². The summed E-state index contributed by atoms with van der Waals surface area (Å²) in [5, 5.41) is 10.5. The van der Waals surface area contributed by atoms with Gasteiger partial charge in [0.05, 0.1) is 11.1 Å². The van der Waals surface area contributed by atoms with Crippen LogP contribution >= 0.6 is 11.3 Å². The Balaban J connectivity index is 1.78. The number of thiazole rings is 1. The molecule has 0 spiro atoms. The van der Waals surface area contributed by atoms with Crippen molar-refractivity contribution in [3.8, 4) is 0 Å². The molecule has 90 valence electrons. The lowest BCUT2D eigenvalue weighted by atomic mass is 10.3. The SMILES string of the molecule is CC(O)CCN(C)Cc1cnc(C2CC2)s1. The largest absolute Gasteiger partial charge is 0.393 e. The molecule has 1 N–H and O–H groups in total. The summed E-state index contributed by atoms with van der Waals surface area (Å²) in [7, 11) is 2.10. The normalized spacial score (nSPS) is 18.0. The molecule has 0 radical (unpaired) electrons. The van der Waals surface area contributed by atoms with Crippen molar-refractivity contribution in [2.24, 2.45) is 0 Å². The molecular formula is C12H20N2OS. The highest BCUT2D eigenvalue weighted by Gasteiger charge is 2.26. The van der Waals surface area contributed by atoms with E-state index < -0.39 is 0 Å². The summed E-state index contributed by atoms with van der Waals surface area (Å²) in [6, 6.07) is 0. The lowest BCUT2D eigenvalue weighted by molar-refractivity contribution is 0.163. The van der Waals surface area contributed by atoms with Gasteiger partial charge in [-0.1, -0.05) is 0 Å². The van der Waals surface area contributed by atoms with E-state index >= 15 is 0 Å². The maximum absolute atomic E-state index is 9.22. The summed E-state index contributed by atoms with van der Waals surface area (Å²) in [4.78, 5) is 8.06. The van der Waals surface area contributed by atoms with E-state index in [2.05, 4.69) is 16.9 Å². The second kappa shape index (κ2) is 5.25. The Labute approximate surface area is 101 Å². The zero-order valence-electron chi connectivity index (χ0n) is 10.0. The van der Waals surface area contributed by atoms with Gasteiger partial charge in [-0.25, -0.2) is 4.98 Å². The summed E-state index contributed by atoms with van der Waals surface area (Å²) in [6.45, 7) is 3.73. The van der Waals surface area contributed by atoms with Crippen LogP contribution in [0.15, 0.2) is 6.20 Å². The summed E-state index contributed by atoms with van der Waals surface area (Å²) in [5.74, 6) is 0.765. The fraction of sp³-hybridized carbons (Fsp3) is 0.750. The van der Waals surface area contributed by atoms with Crippen molar-refractivity contribution < 1.29 is 5.11 Å². The Hall–Kier alpha value is -0.450. The quantitative estimate of drug-likeness (QED) is 0.828. The van der Waals surface area contributed by atoms with E-state index in [0.717, 1.165) is 25.4 Å². The molecule has 1 atom stereocenters. The third-order valence-corrected chi connectivity index (χ3v) is 4.00. The van der Waals surface area contributed by atoms with Crippen molar-refractivity contribution in [1.82, 2.24) is 9.88 Å². The Bertz CT molecular complexity index is 334. The van der Waals surface area contributed by atoms with Crippen LogP contribution in [0.1, 0.15) is 42.0 Å². The van der Waals surface area contributed by atoms with E-state index in [9.17, 15) is 5.11 Å². The topological polar surface area (TPSA) is 36.4 Å². The van der Waals surface area contributed by atoms with Gasteiger partial charge in [-0.2, -0.15) is 0 Å². The van der Waals surface area contributed by atoms with Crippen molar-refractivity contribution in [2.45, 2.75) is 44.8 Å². The molecule has 0 bridgehead atoms.